The van der Waals surface area contributed by atoms with Gasteiger partial charge < -0.3 is 14.0 Å². The van der Waals surface area contributed by atoms with Gasteiger partial charge in [-0.25, -0.2) is 27.7 Å². The average Bonchev–Trinajstić information content (AvgIpc) is 3.57. The van der Waals surface area contributed by atoms with Gasteiger partial charge in [0.2, 0.25) is 5.88 Å². The number of aliphatic imine (C=N–C) groups is 1. The summed E-state index contributed by atoms with van der Waals surface area (Å²) in [6.07, 6.45) is 3.92. The SMILES string of the molecule is COc1cnc(-c2cc(-c3ccc(F)c([C@]4(C)C[S@@](=O)(=NC5CC5)C(C)(C)C(NC(=O)OC(C)(C)C)=N4)c3)on2)cn1. The highest BCUT2D eigenvalue weighted by atomic mass is 32.2. The van der Waals surface area contributed by atoms with Crippen LogP contribution in [0.25, 0.3) is 22.7 Å². The van der Waals surface area contributed by atoms with Crippen molar-refractivity contribution in [2.75, 3.05) is 12.9 Å². The smallest absolute Gasteiger partial charge is 0.413 e. The van der Waals surface area contributed by atoms with Gasteiger partial charge in [-0.05, 0) is 72.6 Å². The lowest BCUT2D eigenvalue weighted by molar-refractivity contribution is 0.0560. The first kappa shape index (κ1) is 29.6. The van der Waals surface area contributed by atoms with Gasteiger partial charge in [0.25, 0.3) is 0 Å². The molecule has 3 aromatic rings. The van der Waals surface area contributed by atoms with Crippen LogP contribution in [0.3, 0.4) is 0 Å². The van der Waals surface area contributed by atoms with Gasteiger partial charge in [0, 0.05) is 17.2 Å². The Morgan fingerprint density at radius 3 is 2.50 bits per heavy atom. The van der Waals surface area contributed by atoms with Crippen molar-refractivity contribution in [1.82, 2.24) is 20.4 Å². The van der Waals surface area contributed by atoms with Crippen LogP contribution in [0.1, 0.15) is 59.9 Å². The van der Waals surface area contributed by atoms with E-state index >= 15 is 4.39 Å². The summed E-state index contributed by atoms with van der Waals surface area (Å²) in [5.41, 5.74) is -0.483. The van der Waals surface area contributed by atoms with Crippen molar-refractivity contribution >= 4 is 21.7 Å². The van der Waals surface area contributed by atoms with Crippen molar-refractivity contribution in [3.8, 4) is 28.6 Å². The number of hydrogen-bond acceptors (Lipinski definition) is 10. The van der Waals surface area contributed by atoms with Gasteiger partial charge in [-0.3, -0.25) is 10.3 Å². The first-order valence-corrected chi connectivity index (χ1v) is 15.3. The van der Waals surface area contributed by atoms with Crippen molar-refractivity contribution in [3.63, 3.8) is 0 Å². The maximum Gasteiger partial charge on any atom is 0.413 e. The molecule has 11 nitrogen and oxygen atoms in total. The summed E-state index contributed by atoms with van der Waals surface area (Å²) in [4.78, 5) is 26.1. The Kier molecular flexibility index (Phi) is 7.36. The van der Waals surface area contributed by atoms with Crippen LogP contribution < -0.4 is 10.1 Å². The second-order valence-corrected chi connectivity index (χ2v) is 15.0. The third-order valence-corrected chi connectivity index (χ3v) is 10.5. The molecular formula is C29H35FN6O5S. The molecule has 1 aromatic carbocycles. The summed E-state index contributed by atoms with van der Waals surface area (Å²) in [7, 11) is -1.54. The number of halogens is 1. The average molecular weight is 599 g/mol. The monoisotopic (exact) mass is 598 g/mol. The van der Waals surface area contributed by atoms with Crippen LogP contribution in [0.5, 0.6) is 5.88 Å². The molecule has 42 heavy (non-hydrogen) atoms. The minimum absolute atomic E-state index is 0.0353. The highest BCUT2D eigenvalue weighted by molar-refractivity contribution is 7.95. The minimum Gasteiger partial charge on any atom is -0.480 e. The first-order chi connectivity index (χ1) is 19.6. The summed E-state index contributed by atoms with van der Waals surface area (Å²) in [5, 5.41) is 6.81. The van der Waals surface area contributed by atoms with Gasteiger partial charge in [-0.1, -0.05) is 5.16 Å². The van der Waals surface area contributed by atoms with E-state index in [1.165, 1.54) is 25.6 Å². The predicted molar refractivity (Wildman–Crippen MR) is 156 cm³/mol. The highest BCUT2D eigenvalue weighted by Crippen LogP contribution is 2.42. The Morgan fingerprint density at radius 2 is 1.88 bits per heavy atom. The van der Waals surface area contributed by atoms with E-state index in [9.17, 15) is 9.00 Å². The summed E-state index contributed by atoms with van der Waals surface area (Å²) >= 11 is 0. The molecule has 0 radical (unpaired) electrons. The van der Waals surface area contributed by atoms with E-state index in [1.54, 1.807) is 59.7 Å². The fourth-order valence-corrected chi connectivity index (χ4v) is 7.38. The van der Waals surface area contributed by atoms with Crippen LogP contribution in [0.15, 0.2) is 50.5 Å². The Balaban J connectivity index is 1.56. The highest BCUT2D eigenvalue weighted by Gasteiger charge is 2.50. The molecule has 0 spiro atoms. The number of nitrogens with zero attached hydrogens (tertiary/aromatic N) is 5. The Hall–Kier alpha value is -3.87. The van der Waals surface area contributed by atoms with Gasteiger partial charge in [-0.15, -0.1) is 0 Å². The van der Waals surface area contributed by atoms with E-state index in [0.717, 1.165) is 12.8 Å². The molecule has 0 unspecified atom stereocenters. The topological polar surface area (TPSA) is 141 Å². The van der Waals surface area contributed by atoms with Gasteiger partial charge in [0.1, 0.15) is 38.9 Å². The normalized spacial score (nSPS) is 23.6. The zero-order valence-electron chi connectivity index (χ0n) is 24.7. The zero-order valence-corrected chi connectivity index (χ0v) is 25.5. The van der Waals surface area contributed by atoms with Crippen molar-refractivity contribution in [2.45, 2.75) is 76.3 Å². The van der Waals surface area contributed by atoms with E-state index in [-0.39, 0.29) is 23.2 Å². The Bertz CT molecular complexity index is 1670. The molecule has 1 amide bonds. The second-order valence-electron chi connectivity index (χ2n) is 12.2. The molecule has 5 rings (SSSR count). The number of carbonyl (C=O) groups excluding carboxylic acids is 1. The second kappa shape index (κ2) is 10.4. The van der Waals surface area contributed by atoms with Crippen molar-refractivity contribution < 1.29 is 27.4 Å². The number of methoxy groups -OCH3 is 1. The third-order valence-electron chi connectivity index (χ3n) is 7.13. The molecule has 1 aliphatic heterocycles. The lowest BCUT2D eigenvalue weighted by atomic mass is 9.91. The number of rotatable bonds is 5. The number of alkyl carbamates (subject to hydrolysis) is 1. The number of benzene rings is 1. The van der Waals surface area contributed by atoms with Crippen LogP contribution in [0.4, 0.5) is 9.18 Å². The third kappa shape index (κ3) is 5.87. The fourth-order valence-electron chi connectivity index (χ4n) is 4.61. The van der Waals surface area contributed by atoms with Crippen LogP contribution in [-0.4, -0.2) is 60.5 Å². The molecule has 1 saturated carbocycles. The molecule has 2 aliphatic rings. The Morgan fingerprint density at radius 1 is 1.14 bits per heavy atom. The number of amidine groups is 1. The van der Waals surface area contributed by atoms with Crippen molar-refractivity contribution in [1.29, 1.82) is 0 Å². The van der Waals surface area contributed by atoms with Gasteiger partial charge in [0.15, 0.2) is 5.76 Å². The summed E-state index contributed by atoms with van der Waals surface area (Å²) in [6, 6.07) is 6.11. The summed E-state index contributed by atoms with van der Waals surface area (Å²) in [6.45, 7) is 10.4. The number of carbonyl (C=O) groups is 1. The molecule has 2 aromatic heterocycles. The molecule has 0 saturated heterocycles. The quantitative estimate of drug-likeness (QED) is 0.405. The molecule has 1 N–H and O–H groups in total. The van der Waals surface area contributed by atoms with Crippen LogP contribution in [0, 0.1) is 5.82 Å². The van der Waals surface area contributed by atoms with Crippen LogP contribution in [-0.2, 0) is 20.0 Å². The fraction of sp³-hybridized carbons (Fsp3) is 0.483. The van der Waals surface area contributed by atoms with Crippen LogP contribution >= 0.6 is 0 Å². The van der Waals surface area contributed by atoms with E-state index in [4.69, 9.17) is 23.4 Å². The number of nitrogens with one attached hydrogen (secondary N) is 1. The van der Waals surface area contributed by atoms with Gasteiger partial charge in [0.05, 0.1) is 41.0 Å². The molecule has 224 valence electrons. The number of aromatic nitrogens is 3. The number of hydrogen-bond donors (Lipinski definition) is 1. The van der Waals surface area contributed by atoms with E-state index < -0.39 is 37.5 Å². The van der Waals surface area contributed by atoms with Crippen molar-refractivity contribution in [2.24, 2.45) is 9.36 Å². The molecular weight excluding hydrogens is 563 g/mol. The maximum atomic E-state index is 15.6. The van der Waals surface area contributed by atoms with Crippen molar-refractivity contribution in [3.05, 3.63) is 48.0 Å². The summed E-state index contributed by atoms with van der Waals surface area (Å²) < 4.78 is 49.9. The standard InChI is InChI=1S/C29H35FN6O5S/c1-27(2,3)40-26(37)33-25-28(4,5)42(38,36-18-9-10-18)16-29(6,34-25)19-12-17(8-11-20(19)30)23-13-21(35-41-23)22-14-32-24(39-7)15-31-22/h8,11-15,18H,9-10,16H2,1-7H3,(H,33,34,37)/t29-,42-/m0/s1. The largest absolute Gasteiger partial charge is 0.480 e. The minimum atomic E-state index is -3.04. The Labute approximate surface area is 244 Å². The van der Waals surface area contributed by atoms with E-state index in [1.807, 2.05) is 0 Å². The molecule has 1 aliphatic carbocycles. The van der Waals surface area contributed by atoms with Crippen LogP contribution in [0.2, 0.25) is 0 Å². The lowest BCUT2D eigenvalue weighted by Gasteiger charge is -2.42. The van der Waals surface area contributed by atoms with E-state index in [0.29, 0.717) is 28.6 Å². The summed E-state index contributed by atoms with van der Waals surface area (Å²) in [5.74, 6) is 0.274. The number of amides is 1. The molecule has 2 atom stereocenters. The van der Waals surface area contributed by atoms with Gasteiger partial charge >= 0.3 is 6.09 Å². The van der Waals surface area contributed by atoms with E-state index in [2.05, 4.69) is 20.4 Å². The first-order valence-electron chi connectivity index (χ1n) is 13.6. The molecule has 0 bridgehead atoms. The van der Waals surface area contributed by atoms with Gasteiger partial charge in [-0.2, -0.15) is 0 Å². The molecule has 1 fully saturated rings. The molecule has 13 heteroatoms. The predicted octanol–water partition coefficient (Wildman–Crippen LogP) is 5.51. The number of ether oxygens (including phenoxy) is 2. The lowest BCUT2D eigenvalue weighted by Crippen LogP contribution is -2.58. The maximum absolute atomic E-state index is 15.6. The zero-order chi connectivity index (χ0) is 30.5. The molecule has 3 heterocycles.